The number of amides is 1. The topological polar surface area (TPSA) is 70.2 Å². The van der Waals surface area contributed by atoms with Gasteiger partial charge in [0.05, 0.1) is 5.52 Å². The second-order valence-electron chi connectivity index (χ2n) is 8.36. The molecule has 1 fully saturated rings. The molecule has 162 valence electrons. The van der Waals surface area contributed by atoms with Gasteiger partial charge in [0.25, 0.3) is 5.91 Å². The number of aromatic nitrogens is 2. The molecule has 1 aromatic heterocycles. The van der Waals surface area contributed by atoms with Crippen molar-refractivity contribution in [3.8, 4) is 0 Å². The molecule has 0 saturated heterocycles. The van der Waals surface area contributed by atoms with Gasteiger partial charge in [0, 0.05) is 41.2 Å². The molecule has 0 atom stereocenters. The largest absolute Gasteiger partial charge is 0.362 e. The van der Waals surface area contributed by atoms with E-state index in [1.165, 1.54) is 0 Å². The predicted octanol–water partition coefficient (Wildman–Crippen LogP) is 4.70. The van der Waals surface area contributed by atoms with Crippen molar-refractivity contribution in [1.29, 1.82) is 0 Å². The van der Waals surface area contributed by atoms with Crippen molar-refractivity contribution in [3.05, 3.63) is 57.7 Å². The Bertz CT molecular complexity index is 1050. The van der Waals surface area contributed by atoms with Crippen LogP contribution in [0.25, 0.3) is 10.9 Å². The average Bonchev–Trinajstić information content (AvgIpc) is 2.78. The normalized spacial score (nSPS) is 18.5. The number of carbonyl (C=O) groups excluding carboxylic acids is 1. The SMILES string of the molecule is CN(C)c1nc(NC2CCC(CNC(=O)c3ccc(I)cc3)CC2)nc2ccccc12. The van der Waals surface area contributed by atoms with Crippen LogP contribution in [0.4, 0.5) is 11.8 Å². The number of anilines is 2. The molecule has 4 rings (SSSR count). The standard InChI is InChI=1S/C24H28IN5O/c1-30(2)22-20-5-3-4-6-21(20)28-24(29-22)27-19-13-7-16(8-14-19)15-26-23(31)17-9-11-18(25)12-10-17/h3-6,9-12,16,19H,7-8,13-15H2,1-2H3,(H,26,31)(H,27,28,29). The van der Waals surface area contributed by atoms with Gasteiger partial charge in [-0.15, -0.1) is 0 Å². The van der Waals surface area contributed by atoms with Crippen LogP contribution in [0.5, 0.6) is 0 Å². The molecular formula is C24H28IN5O. The molecule has 0 spiro atoms. The van der Waals surface area contributed by atoms with E-state index in [4.69, 9.17) is 9.97 Å². The summed E-state index contributed by atoms with van der Waals surface area (Å²) in [6.07, 6.45) is 4.27. The maximum atomic E-state index is 12.4. The molecule has 1 amide bonds. The van der Waals surface area contributed by atoms with Gasteiger partial charge in [0.1, 0.15) is 5.82 Å². The molecule has 0 radical (unpaired) electrons. The zero-order chi connectivity index (χ0) is 21.8. The molecule has 3 aromatic rings. The van der Waals surface area contributed by atoms with Gasteiger partial charge in [-0.05, 0) is 90.6 Å². The minimum absolute atomic E-state index is 0.0115. The van der Waals surface area contributed by atoms with Crippen molar-refractivity contribution in [2.45, 2.75) is 31.7 Å². The number of hydrogen-bond donors (Lipinski definition) is 2. The van der Waals surface area contributed by atoms with Crippen LogP contribution >= 0.6 is 22.6 Å². The lowest BCUT2D eigenvalue weighted by Gasteiger charge is -2.29. The highest BCUT2D eigenvalue weighted by atomic mass is 127. The number of fused-ring (bicyclic) bond motifs is 1. The van der Waals surface area contributed by atoms with E-state index in [-0.39, 0.29) is 5.91 Å². The van der Waals surface area contributed by atoms with Crippen molar-refractivity contribution in [1.82, 2.24) is 15.3 Å². The number of nitrogens with zero attached hydrogens (tertiary/aromatic N) is 3. The van der Waals surface area contributed by atoms with E-state index in [0.717, 1.165) is 58.1 Å². The third kappa shape index (κ3) is 5.44. The van der Waals surface area contributed by atoms with Gasteiger partial charge in [-0.25, -0.2) is 4.98 Å². The van der Waals surface area contributed by atoms with Gasteiger partial charge >= 0.3 is 0 Å². The van der Waals surface area contributed by atoms with Gasteiger partial charge in [-0.1, -0.05) is 12.1 Å². The number of rotatable bonds is 6. The maximum absolute atomic E-state index is 12.4. The van der Waals surface area contributed by atoms with Gasteiger partial charge in [0.15, 0.2) is 0 Å². The molecule has 2 N–H and O–H groups in total. The monoisotopic (exact) mass is 529 g/mol. The molecule has 6 nitrogen and oxygen atoms in total. The minimum atomic E-state index is 0.0115. The zero-order valence-corrected chi connectivity index (χ0v) is 20.1. The number of carbonyl (C=O) groups is 1. The average molecular weight is 529 g/mol. The summed E-state index contributed by atoms with van der Waals surface area (Å²) >= 11 is 2.25. The first-order valence-corrected chi connectivity index (χ1v) is 11.8. The van der Waals surface area contributed by atoms with Crippen molar-refractivity contribution < 1.29 is 4.79 Å². The molecule has 1 saturated carbocycles. The van der Waals surface area contributed by atoms with Crippen LogP contribution in [0.15, 0.2) is 48.5 Å². The van der Waals surface area contributed by atoms with Crippen LogP contribution < -0.4 is 15.5 Å². The second-order valence-corrected chi connectivity index (χ2v) is 9.61. The lowest BCUT2D eigenvalue weighted by molar-refractivity contribution is 0.0943. The minimum Gasteiger partial charge on any atom is -0.362 e. The Labute approximate surface area is 197 Å². The Balaban J connectivity index is 1.31. The van der Waals surface area contributed by atoms with E-state index in [9.17, 15) is 4.79 Å². The summed E-state index contributed by atoms with van der Waals surface area (Å²) in [5.74, 6) is 2.15. The van der Waals surface area contributed by atoms with E-state index in [2.05, 4.69) is 39.3 Å². The zero-order valence-electron chi connectivity index (χ0n) is 17.9. The molecule has 1 aliphatic carbocycles. The number of para-hydroxylation sites is 1. The Morgan fingerprint density at radius 1 is 1.03 bits per heavy atom. The fourth-order valence-corrected chi connectivity index (χ4v) is 4.46. The van der Waals surface area contributed by atoms with Crippen LogP contribution in [-0.2, 0) is 0 Å². The van der Waals surface area contributed by atoms with Gasteiger partial charge in [0.2, 0.25) is 5.95 Å². The number of benzene rings is 2. The summed E-state index contributed by atoms with van der Waals surface area (Å²) in [4.78, 5) is 23.9. The highest BCUT2D eigenvalue weighted by Crippen LogP contribution is 2.28. The highest BCUT2D eigenvalue weighted by Gasteiger charge is 2.23. The summed E-state index contributed by atoms with van der Waals surface area (Å²) in [7, 11) is 4.02. The molecule has 0 bridgehead atoms. The number of hydrogen-bond acceptors (Lipinski definition) is 5. The highest BCUT2D eigenvalue weighted by molar-refractivity contribution is 14.1. The van der Waals surface area contributed by atoms with Crippen molar-refractivity contribution in [2.24, 2.45) is 5.92 Å². The maximum Gasteiger partial charge on any atom is 0.251 e. The second kappa shape index (κ2) is 9.80. The molecule has 2 aromatic carbocycles. The van der Waals surface area contributed by atoms with Crippen molar-refractivity contribution in [3.63, 3.8) is 0 Å². The molecule has 0 aliphatic heterocycles. The van der Waals surface area contributed by atoms with Crippen molar-refractivity contribution >= 4 is 51.2 Å². The van der Waals surface area contributed by atoms with Crippen LogP contribution in [-0.4, -0.2) is 42.6 Å². The summed E-state index contributed by atoms with van der Waals surface area (Å²) in [6, 6.07) is 16.2. The van der Waals surface area contributed by atoms with E-state index in [0.29, 0.717) is 17.9 Å². The van der Waals surface area contributed by atoms with Crippen LogP contribution in [0, 0.1) is 9.49 Å². The quantitative estimate of drug-likeness (QED) is 0.453. The lowest BCUT2D eigenvalue weighted by atomic mass is 9.86. The summed E-state index contributed by atoms with van der Waals surface area (Å²) in [5, 5.41) is 7.71. The van der Waals surface area contributed by atoms with Crippen LogP contribution in [0.2, 0.25) is 0 Å². The summed E-state index contributed by atoms with van der Waals surface area (Å²) < 4.78 is 1.13. The third-order valence-corrected chi connectivity index (χ3v) is 6.56. The molecule has 7 heteroatoms. The molecule has 31 heavy (non-hydrogen) atoms. The van der Waals surface area contributed by atoms with Gasteiger partial charge in [-0.3, -0.25) is 4.79 Å². The molecule has 0 unspecified atom stereocenters. The molecule has 1 aliphatic rings. The van der Waals surface area contributed by atoms with E-state index in [1.54, 1.807) is 0 Å². The fraction of sp³-hybridized carbons (Fsp3) is 0.375. The van der Waals surface area contributed by atoms with E-state index < -0.39 is 0 Å². The first-order chi connectivity index (χ1) is 15.0. The first-order valence-electron chi connectivity index (χ1n) is 10.7. The Hall–Kier alpha value is -2.42. The number of halogens is 1. The van der Waals surface area contributed by atoms with Crippen LogP contribution in [0.3, 0.4) is 0 Å². The molecular weight excluding hydrogens is 501 g/mol. The summed E-state index contributed by atoms with van der Waals surface area (Å²) in [5.41, 5.74) is 1.68. The van der Waals surface area contributed by atoms with E-state index in [1.807, 2.05) is 61.5 Å². The third-order valence-electron chi connectivity index (χ3n) is 5.84. The van der Waals surface area contributed by atoms with Gasteiger partial charge in [-0.2, -0.15) is 4.98 Å². The fourth-order valence-electron chi connectivity index (χ4n) is 4.10. The van der Waals surface area contributed by atoms with E-state index >= 15 is 0 Å². The Kier molecular flexibility index (Phi) is 6.89. The predicted molar refractivity (Wildman–Crippen MR) is 135 cm³/mol. The van der Waals surface area contributed by atoms with Crippen LogP contribution in [0.1, 0.15) is 36.0 Å². The Morgan fingerprint density at radius 2 is 1.74 bits per heavy atom. The lowest BCUT2D eigenvalue weighted by Crippen LogP contribution is -2.34. The smallest absolute Gasteiger partial charge is 0.251 e. The number of nitrogens with one attached hydrogen (secondary N) is 2. The first kappa shape index (κ1) is 21.8. The van der Waals surface area contributed by atoms with Gasteiger partial charge < -0.3 is 15.5 Å². The summed E-state index contributed by atoms with van der Waals surface area (Å²) in [6.45, 7) is 0.731. The molecule has 1 heterocycles. The Morgan fingerprint density at radius 3 is 2.45 bits per heavy atom. The van der Waals surface area contributed by atoms with Crippen molar-refractivity contribution in [2.75, 3.05) is 30.9 Å².